The third-order valence-electron chi connectivity index (χ3n) is 9.41. The van der Waals surface area contributed by atoms with Gasteiger partial charge in [-0.05, 0) is 45.3 Å². The van der Waals surface area contributed by atoms with Gasteiger partial charge in [-0.3, -0.25) is 9.38 Å². The number of benzene rings is 6. The Morgan fingerprint density at radius 2 is 1.04 bits per heavy atom. The van der Waals surface area contributed by atoms with Gasteiger partial charge < -0.3 is 0 Å². The molecule has 10 rings (SSSR count). The van der Waals surface area contributed by atoms with Crippen LogP contribution in [0.3, 0.4) is 0 Å². The van der Waals surface area contributed by atoms with E-state index in [1.165, 1.54) is 16.3 Å². The van der Waals surface area contributed by atoms with Gasteiger partial charge in [-0.25, -0.2) is 9.97 Å². The normalized spacial score (nSPS) is 11.8. The number of pyridine rings is 3. The molecule has 0 spiro atoms. The maximum Gasteiger partial charge on any atom is 0.138 e. The van der Waals surface area contributed by atoms with Gasteiger partial charge in [0.15, 0.2) is 0 Å². The third kappa shape index (κ3) is 3.98. The minimum atomic E-state index is 0.851. The monoisotopic (exact) mass is 598 g/mol. The molecule has 0 aliphatic carbocycles. The molecular formula is C43H26N4. The molecule has 10 aromatic rings. The van der Waals surface area contributed by atoms with Gasteiger partial charge in [-0.2, -0.15) is 0 Å². The molecule has 4 nitrogen and oxygen atoms in total. The quantitative estimate of drug-likeness (QED) is 0.150. The van der Waals surface area contributed by atoms with Crippen LogP contribution in [0.1, 0.15) is 0 Å². The van der Waals surface area contributed by atoms with E-state index in [1.54, 1.807) is 0 Å². The van der Waals surface area contributed by atoms with Crippen LogP contribution >= 0.6 is 0 Å². The highest BCUT2D eigenvalue weighted by Crippen LogP contribution is 2.41. The summed E-state index contributed by atoms with van der Waals surface area (Å²) in [6, 6.07) is 51.5. The zero-order valence-corrected chi connectivity index (χ0v) is 25.3. The van der Waals surface area contributed by atoms with E-state index in [-0.39, 0.29) is 0 Å². The molecule has 47 heavy (non-hydrogen) atoms. The minimum absolute atomic E-state index is 0.851. The summed E-state index contributed by atoms with van der Waals surface area (Å²) in [6.45, 7) is 0. The van der Waals surface area contributed by atoms with Crippen molar-refractivity contribution in [2.45, 2.75) is 0 Å². The smallest absolute Gasteiger partial charge is 0.138 e. The lowest BCUT2D eigenvalue weighted by Crippen LogP contribution is -1.93. The number of aromatic nitrogens is 4. The largest absolute Gasteiger partial charge is 0.298 e. The fourth-order valence-corrected chi connectivity index (χ4v) is 7.20. The fraction of sp³-hybridized carbons (Fsp3) is 0. The molecular weight excluding hydrogens is 573 g/mol. The molecule has 0 fully saturated rings. The first kappa shape index (κ1) is 25.9. The van der Waals surface area contributed by atoms with Crippen molar-refractivity contribution >= 4 is 59.8 Å². The van der Waals surface area contributed by atoms with Gasteiger partial charge in [-0.1, -0.05) is 127 Å². The van der Waals surface area contributed by atoms with Gasteiger partial charge in [0, 0.05) is 45.1 Å². The summed E-state index contributed by atoms with van der Waals surface area (Å²) in [5, 5.41) is 9.33. The summed E-state index contributed by atoms with van der Waals surface area (Å²) in [5.74, 6) is 0. The van der Waals surface area contributed by atoms with E-state index in [4.69, 9.17) is 15.0 Å². The average Bonchev–Trinajstić information content (AvgIpc) is 3.51. The van der Waals surface area contributed by atoms with Gasteiger partial charge in [0.2, 0.25) is 0 Å². The zero-order chi connectivity index (χ0) is 30.9. The maximum absolute atomic E-state index is 5.36. The van der Waals surface area contributed by atoms with E-state index in [0.29, 0.717) is 0 Å². The average molecular weight is 599 g/mol. The first-order valence-corrected chi connectivity index (χ1v) is 15.9. The number of hydrogen-bond donors (Lipinski definition) is 0. The number of nitrogens with zero attached hydrogens (tertiary/aromatic N) is 4. The predicted octanol–water partition coefficient (Wildman–Crippen LogP) is 10.9. The Morgan fingerprint density at radius 1 is 0.447 bits per heavy atom. The predicted molar refractivity (Wildman–Crippen MR) is 195 cm³/mol. The molecule has 4 heterocycles. The van der Waals surface area contributed by atoms with Crippen molar-refractivity contribution in [2.75, 3.05) is 0 Å². The SMILES string of the molecule is c1ccc(-c2nc3cc4ccccc4cn3c2-c2ccc(-c3c4ccc5ccccc5c4nc4c3ccc3ccccc34)cc2)nc1. The van der Waals surface area contributed by atoms with Gasteiger partial charge >= 0.3 is 0 Å². The highest BCUT2D eigenvalue weighted by atomic mass is 15.0. The molecule has 0 atom stereocenters. The van der Waals surface area contributed by atoms with Gasteiger partial charge in [0.05, 0.1) is 22.4 Å². The Bertz CT molecular complexity index is 2740. The summed E-state index contributed by atoms with van der Waals surface area (Å²) in [7, 11) is 0. The van der Waals surface area contributed by atoms with Crippen LogP contribution in [-0.2, 0) is 0 Å². The van der Waals surface area contributed by atoms with Crippen LogP contribution in [0.2, 0.25) is 0 Å². The lowest BCUT2D eigenvalue weighted by Gasteiger charge is -2.15. The van der Waals surface area contributed by atoms with Crippen molar-refractivity contribution in [2.24, 2.45) is 0 Å². The second-order valence-corrected chi connectivity index (χ2v) is 12.1. The van der Waals surface area contributed by atoms with E-state index in [0.717, 1.165) is 77.2 Å². The molecule has 218 valence electrons. The van der Waals surface area contributed by atoms with E-state index in [2.05, 4.69) is 138 Å². The zero-order valence-electron chi connectivity index (χ0n) is 25.3. The Hall–Kier alpha value is -6.39. The first-order chi connectivity index (χ1) is 23.3. The van der Waals surface area contributed by atoms with E-state index >= 15 is 0 Å². The highest BCUT2D eigenvalue weighted by molar-refractivity contribution is 6.21. The lowest BCUT2D eigenvalue weighted by atomic mass is 9.92. The molecule has 0 saturated heterocycles. The van der Waals surface area contributed by atoms with Crippen LogP contribution in [0.15, 0.2) is 158 Å². The van der Waals surface area contributed by atoms with Crippen LogP contribution in [0.5, 0.6) is 0 Å². The van der Waals surface area contributed by atoms with Crippen molar-refractivity contribution < 1.29 is 0 Å². The topological polar surface area (TPSA) is 43.1 Å². The molecule has 4 aromatic heterocycles. The summed E-state index contributed by atoms with van der Waals surface area (Å²) in [5.41, 5.74) is 9.11. The van der Waals surface area contributed by atoms with E-state index in [1.807, 2.05) is 24.4 Å². The van der Waals surface area contributed by atoms with Crippen LogP contribution < -0.4 is 0 Å². The Morgan fingerprint density at radius 3 is 1.70 bits per heavy atom. The van der Waals surface area contributed by atoms with Crippen LogP contribution in [0.4, 0.5) is 0 Å². The molecule has 6 aromatic carbocycles. The van der Waals surface area contributed by atoms with Crippen molar-refractivity contribution in [1.29, 1.82) is 0 Å². The molecule has 0 unspecified atom stereocenters. The standard InChI is InChI=1S/C43H26N4/c1-2-12-32-26-47-38(25-31(32)11-1)45-42(37-15-7-8-24-44-37)43(47)30-18-16-29(17-19-30)39-35-22-20-27-9-3-5-13-33(27)40(35)46-41-34-14-6-4-10-28(34)21-23-36(39)41/h1-26H. The molecule has 0 aliphatic heterocycles. The van der Waals surface area contributed by atoms with E-state index in [9.17, 15) is 0 Å². The second-order valence-electron chi connectivity index (χ2n) is 12.1. The molecule has 0 radical (unpaired) electrons. The Labute approximate surface area is 270 Å². The second kappa shape index (κ2) is 10.1. The van der Waals surface area contributed by atoms with Crippen LogP contribution in [-0.4, -0.2) is 19.4 Å². The van der Waals surface area contributed by atoms with Gasteiger partial charge in [0.1, 0.15) is 11.3 Å². The molecule has 4 heteroatoms. The summed E-state index contributed by atoms with van der Waals surface area (Å²) >= 11 is 0. The van der Waals surface area contributed by atoms with Gasteiger partial charge in [-0.15, -0.1) is 0 Å². The van der Waals surface area contributed by atoms with Crippen molar-refractivity contribution in [3.8, 4) is 33.8 Å². The summed E-state index contributed by atoms with van der Waals surface area (Å²) < 4.78 is 2.21. The molecule has 0 aliphatic rings. The minimum Gasteiger partial charge on any atom is -0.298 e. The van der Waals surface area contributed by atoms with E-state index < -0.39 is 0 Å². The Balaban J connectivity index is 1.24. The third-order valence-corrected chi connectivity index (χ3v) is 9.41. The lowest BCUT2D eigenvalue weighted by molar-refractivity contribution is 1.21. The van der Waals surface area contributed by atoms with Crippen molar-refractivity contribution in [3.63, 3.8) is 0 Å². The molecule has 0 saturated carbocycles. The number of hydrogen-bond acceptors (Lipinski definition) is 3. The van der Waals surface area contributed by atoms with Gasteiger partial charge in [0.25, 0.3) is 0 Å². The highest BCUT2D eigenvalue weighted by Gasteiger charge is 2.19. The summed E-state index contributed by atoms with van der Waals surface area (Å²) in [4.78, 5) is 15.2. The first-order valence-electron chi connectivity index (χ1n) is 15.9. The number of imidazole rings is 1. The molecule has 0 bridgehead atoms. The van der Waals surface area contributed by atoms with Crippen LogP contribution in [0, 0.1) is 0 Å². The molecule has 0 N–H and O–H groups in total. The molecule has 0 amide bonds. The maximum atomic E-state index is 5.36. The number of fused-ring (bicyclic) bond motifs is 8. The van der Waals surface area contributed by atoms with Crippen molar-refractivity contribution in [1.82, 2.24) is 19.4 Å². The van der Waals surface area contributed by atoms with Crippen molar-refractivity contribution in [3.05, 3.63) is 158 Å². The Kier molecular flexibility index (Phi) is 5.54. The fourth-order valence-electron chi connectivity index (χ4n) is 7.20. The van der Waals surface area contributed by atoms with Crippen LogP contribution in [0.25, 0.3) is 93.5 Å². The summed E-state index contributed by atoms with van der Waals surface area (Å²) in [6.07, 6.45) is 4.02. The number of rotatable bonds is 3.